The average Bonchev–Trinajstić information content (AvgIpc) is 2.35. The van der Waals surface area contributed by atoms with E-state index in [9.17, 15) is 0 Å². The minimum Gasteiger partial charge on any atom is -0.497 e. The lowest BCUT2D eigenvalue weighted by Crippen LogP contribution is -2.08. The molecular weight excluding hydrogens is 196 g/mol. The van der Waals surface area contributed by atoms with Gasteiger partial charge >= 0.3 is 0 Å². The zero-order chi connectivity index (χ0) is 11.8. The van der Waals surface area contributed by atoms with Crippen LogP contribution in [-0.2, 0) is 0 Å². The van der Waals surface area contributed by atoms with Crippen molar-refractivity contribution in [2.75, 3.05) is 7.11 Å². The third-order valence-electron chi connectivity index (χ3n) is 3.28. The second-order valence-electron chi connectivity index (χ2n) is 4.88. The highest BCUT2D eigenvalue weighted by molar-refractivity contribution is 5.20. The van der Waals surface area contributed by atoms with E-state index in [1.165, 1.54) is 25.7 Å². The van der Waals surface area contributed by atoms with E-state index in [0.717, 1.165) is 17.6 Å². The first-order valence-electron chi connectivity index (χ1n) is 6.31. The van der Waals surface area contributed by atoms with E-state index in [1.54, 1.807) is 7.11 Å². The molecule has 1 nitrogen and oxygen atoms in total. The van der Waals surface area contributed by atoms with Gasteiger partial charge in [0.25, 0.3) is 0 Å². The zero-order valence-corrected chi connectivity index (χ0v) is 10.8. The SMILES string of the molecule is CC1CCC(C)CC1.COc1ccccc1. The Balaban J connectivity index is 0.000000160. The fraction of sp³-hybridized carbons (Fsp3) is 0.600. The first kappa shape index (κ1) is 13.1. The van der Waals surface area contributed by atoms with Crippen molar-refractivity contribution in [1.82, 2.24) is 0 Å². The van der Waals surface area contributed by atoms with E-state index in [-0.39, 0.29) is 0 Å². The number of rotatable bonds is 1. The van der Waals surface area contributed by atoms with Crippen LogP contribution in [-0.4, -0.2) is 7.11 Å². The Labute approximate surface area is 99.8 Å². The normalized spacial score (nSPS) is 24.2. The van der Waals surface area contributed by atoms with Crippen LogP contribution in [0.25, 0.3) is 0 Å². The zero-order valence-electron chi connectivity index (χ0n) is 10.8. The average molecular weight is 220 g/mol. The number of hydrogen-bond acceptors (Lipinski definition) is 1. The molecule has 1 aromatic carbocycles. The minimum absolute atomic E-state index is 0.910. The predicted molar refractivity (Wildman–Crippen MR) is 69.8 cm³/mol. The summed E-state index contributed by atoms with van der Waals surface area (Å²) in [6.07, 6.45) is 5.89. The van der Waals surface area contributed by atoms with Gasteiger partial charge in [0, 0.05) is 0 Å². The Kier molecular flexibility index (Phi) is 5.99. The molecule has 90 valence electrons. The number of hydrogen-bond donors (Lipinski definition) is 0. The van der Waals surface area contributed by atoms with Crippen molar-refractivity contribution in [3.63, 3.8) is 0 Å². The summed E-state index contributed by atoms with van der Waals surface area (Å²) in [4.78, 5) is 0. The third kappa shape index (κ3) is 5.20. The Morgan fingerprint density at radius 3 is 1.62 bits per heavy atom. The lowest BCUT2D eigenvalue weighted by molar-refractivity contribution is 0.308. The molecule has 1 fully saturated rings. The van der Waals surface area contributed by atoms with E-state index >= 15 is 0 Å². The van der Waals surface area contributed by atoms with Crippen molar-refractivity contribution in [2.24, 2.45) is 11.8 Å². The van der Waals surface area contributed by atoms with E-state index < -0.39 is 0 Å². The van der Waals surface area contributed by atoms with Gasteiger partial charge in [0.05, 0.1) is 7.11 Å². The molecule has 1 aromatic rings. The van der Waals surface area contributed by atoms with Crippen molar-refractivity contribution in [3.05, 3.63) is 30.3 Å². The van der Waals surface area contributed by atoms with Crippen molar-refractivity contribution in [1.29, 1.82) is 0 Å². The first-order valence-corrected chi connectivity index (χ1v) is 6.31. The molecular formula is C15H24O. The van der Waals surface area contributed by atoms with E-state index in [2.05, 4.69) is 13.8 Å². The molecule has 0 amide bonds. The quantitative estimate of drug-likeness (QED) is 0.675. The second-order valence-corrected chi connectivity index (χ2v) is 4.88. The van der Waals surface area contributed by atoms with E-state index in [1.807, 2.05) is 30.3 Å². The molecule has 0 aliphatic heterocycles. The third-order valence-corrected chi connectivity index (χ3v) is 3.28. The molecule has 1 heteroatoms. The van der Waals surface area contributed by atoms with Gasteiger partial charge in [-0.05, 0) is 24.0 Å². The van der Waals surface area contributed by atoms with Gasteiger partial charge in [-0.2, -0.15) is 0 Å². The van der Waals surface area contributed by atoms with Crippen LogP contribution in [0, 0.1) is 11.8 Å². The van der Waals surface area contributed by atoms with Gasteiger partial charge in [-0.15, -0.1) is 0 Å². The maximum absolute atomic E-state index is 4.91. The van der Waals surface area contributed by atoms with Gasteiger partial charge in [-0.1, -0.05) is 57.7 Å². The Hall–Kier alpha value is -0.980. The highest BCUT2D eigenvalue weighted by Gasteiger charge is 2.13. The maximum atomic E-state index is 4.91. The van der Waals surface area contributed by atoms with Crippen LogP contribution in [0.5, 0.6) is 5.75 Å². The summed E-state index contributed by atoms with van der Waals surface area (Å²) in [7, 11) is 1.66. The molecule has 1 saturated carbocycles. The summed E-state index contributed by atoms with van der Waals surface area (Å²) in [5.41, 5.74) is 0. The van der Waals surface area contributed by atoms with Crippen molar-refractivity contribution in [2.45, 2.75) is 39.5 Å². The molecule has 0 atom stereocenters. The molecule has 0 saturated heterocycles. The van der Waals surface area contributed by atoms with Gasteiger partial charge in [-0.3, -0.25) is 0 Å². The van der Waals surface area contributed by atoms with Gasteiger partial charge < -0.3 is 4.74 Å². The number of para-hydroxylation sites is 1. The molecule has 0 N–H and O–H groups in total. The fourth-order valence-electron chi connectivity index (χ4n) is 1.98. The Bertz CT molecular complexity index is 250. The van der Waals surface area contributed by atoms with Gasteiger partial charge in [-0.25, -0.2) is 0 Å². The number of ether oxygens (including phenoxy) is 1. The van der Waals surface area contributed by atoms with Gasteiger partial charge in [0.2, 0.25) is 0 Å². The smallest absolute Gasteiger partial charge is 0.118 e. The topological polar surface area (TPSA) is 9.23 Å². The Morgan fingerprint density at radius 2 is 1.31 bits per heavy atom. The molecule has 0 bridgehead atoms. The summed E-state index contributed by atoms with van der Waals surface area (Å²) >= 11 is 0. The van der Waals surface area contributed by atoms with Crippen LogP contribution < -0.4 is 4.74 Å². The van der Waals surface area contributed by atoms with E-state index in [4.69, 9.17) is 4.74 Å². The molecule has 1 aliphatic carbocycles. The molecule has 16 heavy (non-hydrogen) atoms. The highest BCUT2D eigenvalue weighted by atomic mass is 16.5. The summed E-state index contributed by atoms with van der Waals surface area (Å²) in [6, 6.07) is 9.68. The van der Waals surface area contributed by atoms with Gasteiger partial charge in [0.1, 0.15) is 5.75 Å². The highest BCUT2D eigenvalue weighted by Crippen LogP contribution is 2.27. The predicted octanol–water partition coefficient (Wildman–Crippen LogP) is 4.53. The molecule has 1 aliphatic rings. The van der Waals surface area contributed by atoms with Crippen molar-refractivity contribution in [3.8, 4) is 5.75 Å². The Morgan fingerprint density at radius 1 is 0.875 bits per heavy atom. The second kappa shape index (κ2) is 7.32. The fourth-order valence-corrected chi connectivity index (χ4v) is 1.98. The van der Waals surface area contributed by atoms with Crippen LogP contribution >= 0.6 is 0 Å². The lowest BCUT2D eigenvalue weighted by atomic mass is 9.84. The van der Waals surface area contributed by atoms with Crippen LogP contribution in [0.1, 0.15) is 39.5 Å². The molecule has 0 heterocycles. The first-order chi connectivity index (χ1) is 7.72. The standard InChI is InChI=1S/C8H16.C7H8O/c1-7-3-5-8(2)6-4-7;1-8-7-5-3-2-4-6-7/h7-8H,3-6H2,1-2H3;2-6H,1H3. The monoisotopic (exact) mass is 220 g/mol. The molecule has 0 spiro atoms. The molecule has 0 unspecified atom stereocenters. The largest absolute Gasteiger partial charge is 0.497 e. The summed E-state index contributed by atoms with van der Waals surface area (Å²) in [5, 5.41) is 0. The van der Waals surface area contributed by atoms with Crippen LogP contribution in [0.2, 0.25) is 0 Å². The van der Waals surface area contributed by atoms with Crippen LogP contribution in [0.3, 0.4) is 0 Å². The summed E-state index contributed by atoms with van der Waals surface area (Å²) in [5.74, 6) is 2.95. The molecule has 2 rings (SSSR count). The molecule has 0 aromatic heterocycles. The number of benzene rings is 1. The summed E-state index contributed by atoms with van der Waals surface area (Å²) in [6.45, 7) is 4.73. The molecule has 0 radical (unpaired) electrons. The van der Waals surface area contributed by atoms with Gasteiger partial charge in [0.15, 0.2) is 0 Å². The van der Waals surface area contributed by atoms with Crippen molar-refractivity contribution >= 4 is 0 Å². The summed E-state index contributed by atoms with van der Waals surface area (Å²) < 4.78 is 4.91. The van der Waals surface area contributed by atoms with Crippen molar-refractivity contribution < 1.29 is 4.74 Å². The maximum Gasteiger partial charge on any atom is 0.118 e. The minimum atomic E-state index is 0.910. The van der Waals surface area contributed by atoms with E-state index in [0.29, 0.717) is 0 Å². The number of methoxy groups -OCH3 is 1. The van der Waals surface area contributed by atoms with Crippen LogP contribution in [0.15, 0.2) is 30.3 Å². The lowest BCUT2D eigenvalue weighted by Gasteiger charge is -2.22. The van der Waals surface area contributed by atoms with Crippen LogP contribution in [0.4, 0.5) is 0 Å².